The topological polar surface area (TPSA) is 49.6 Å². The summed E-state index contributed by atoms with van der Waals surface area (Å²) in [6, 6.07) is 0.373. The van der Waals surface area contributed by atoms with Crippen LogP contribution in [0.3, 0.4) is 0 Å². The molecule has 0 radical (unpaired) electrons. The van der Waals surface area contributed by atoms with E-state index in [0.717, 1.165) is 39.0 Å². The lowest BCUT2D eigenvalue weighted by Crippen LogP contribution is -2.41. The molecule has 5 heteroatoms. The van der Waals surface area contributed by atoms with Crippen LogP contribution in [0.1, 0.15) is 23.5 Å². The summed E-state index contributed by atoms with van der Waals surface area (Å²) in [4.78, 5) is 20.4. The van der Waals surface area contributed by atoms with Crippen LogP contribution in [0.5, 0.6) is 0 Å². The smallest absolute Gasteiger partial charge is 0.309 e. The maximum absolute atomic E-state index is 12.2. The van der Waals surface area contributed by atoms with Crippen LogP contribution in [0.4, 0.5) is 0 Å². The summed E-state index contributed by atoms with van der Waals surface area (Å²) < 4.78 is 5.08. The Balaban J connectivity index is 1.81. The van der Waals surface area contributed by atoms with Crippen LogP contribution in [0.2, 0.25) is 0 Å². The summed E-state index contributed by atoms with van der Waals surface area (Å²) >= 11 is 0. The lowest BCUT2D eigenvalue weighted by molar-refractivity contribution is 0.0644. The third-order valence-electron chi connectivity index (χ3n) is 3.53. The van der Waals surface area contributed by atoms with Gasteiger partial charge in [0.1, 0.15) is 6.26 Å². The van der Waals surface area contributed by atoms with E-state index in [9.17, 15) is 4.79 Å². The third kappa shape index (κ3) is 1.61. The molecule has 5 nitrogen and oxygen atoms in total. The fraction of sp³-hybridized carbons (Fsp3) is 0.636. The fourth-order valence-corrected chi connectivity index (χ4v) is 2.61. The van der Waals surface area contributed by atoms with E-state index in [1.807, 2.05) is 4.90 Å². The van der Waals surface area contributed by atoms with Gasteiger partial charge in [-0.1, -0.05) is 0 Å². The van der Waals surface area contributed by atoms with E-state index in [0.29, 0.717) is 6.04 Å². The molecule has 0 spiro atoms. The van der Waals surface area contributed by atoms with E-state index >= 15 is 0 Å². The van der Waals surface area contributed by atoms with Gasteiger partial charge in [-0.25, -0.2) is 4.98 Å². The monoisotopic (exact) mass is 221 g/mol. The Morgan fingerprint density at radius 2 is 2.12 bits per heavy atom. The molecular formula is C11H15N3O2. The average Bonchev–Trinajstić information content (AvgIpc) is 2.70. The van der Waals surface area contributed by atoms with Crippen LogP contribution in [0.25, 0.3) is 0 Å². The molecule has 2 bridgehead atoms. The van der Waals surface area contributed by atoms with E-state index in [1.165, 1.54) is 12.5 Å². The first-order valence-electron chi connectivity index (χ1n) is 5.77. The molecule has 3 fully saturated rings. The second kappa shape index (κ2) is 3.90. The van der Waals surface area contributed by atoms with Crippen molar-refractivity contribution in [2.75, 3.05) is 26.2 Å². The Labute approximate surface area is 94.0 Å². The van der Waals surface area contributed by atoms with Crippen molar-refractivity contribution in [1.82, 2.24) is 14.8 Å². The van der Waals surface area contributed by atoms with E-state index in [2.05, 4.69) is 9.88 Å². The van der Waals surface area contributed by atoms with Crippen LogP contribution < -0.4 is 0 Å². The zero-order valence-electron chi connectivity index (χ0n) is 9.13. The highest BCUT2D eigenvalue weighted by atomic mass is 16.4. The lowest BCUT2D eigenvalue weighted by Gasteiger charge is -2.30. The van der Waals surface area contributed by atoms with Crippen molar-refractivity contribution in [2.45, 2.75) is 18.9 Å². The maximum atomic E-state index is 12.2. The van der Waals surface area contributed by atoms with Gasteiger partial charge < -0.3 is 14.2 Å². The second-order valence-electron chi connectivity index (χ2n) is 4.41. The van der Waals surface area contributed by atoms with Crippen molar-refractivity contribution >= 4 is 5.91 Å². The molecule has 3 aliphatic heterocycles. The summed E-state index contributed by atoms with van der Waals surface area (Å²) in [5.74, 6) is 0.166. The molecule has 0 saturated carbocycles. The van der Waals surface area contributed by atoms with Crippen molar-refractivity contribution in [1.29, 1.82) is 0 Å². The van der Waals surface area contributed by atoms with Gasteiger partial charge in [-0.2, -0.15) is 0 Å². The number of nitrogens with zero attached hydrogens (tertiary/aromatic N) is 3. The molecule has 1 amide bonds. The predicted molar refractivity (Wildman–Crippen MR) is 57.0 cm³/mol. The number of hydrogen-bond acceptors (Lipinski definition) is 4. The number of aromatic nitrogens is 1. The fourth-order valence-electron chi connectivity index (χ4n) is 2.61. The Morgan fingerprint density at radius 3 is 2.81 bits per heavy atom. The molecular weight excluding hydrogens is 206 g/mol. The van der Waals surface area contributed by atoms with Crippen LogP contribution in [-0.4, -0.2) is 52.9 Å². The molecule has 86 valence electrons. The standard InChI is InChI=1S/C11H15N3O2/c15-11(10-12-3-8-16-10)14-7-6-13-4-1-9(14)2-5-13/h3,8-9H,1-2,4-7H2. The minimum atomic E-state index is -0.0567. The van der Waals surface area contributed by atoms with Gasteiger partial charge in [0.05, 0.1) is 6.20 Å². The van der Waals surface area contributed by atoms with E-state index in [4.69, 9.17) is 4.42 Å². The molecule has 1 aromatic rings. The quantitative estimate of drug-likeness (QED) is 0.696. The highest BCUT2D eigenvalue weighted by molar-refractivity contribution is 5.89. The van der Waals surface area contributed by atoms with Crippen LogP contribution in [-0.2, 0) is 0 Å². The van der Waals surface area contributed by atoms with E-state index in [-0.39, 0.29) is 11.8 Å². The summed E-state index contributed by atoms with van der Waals surface area (Å²) in [7, 11) is 0. The van der Waals surface area contributed by atoms with Crippen LogP contribution in [0.15, 0.2) is 16.9 Å². The normalized spacial score (nSPS) is 29.1. The highest BCUT2D eigenvalue weighted by Crippen LogP contribution is 2.22. The maximum Gasteiger partial charge on any atom is 0.309 e. The van der Waals surface area contributed by atoms with Gasteiger partial charge in [-0.3, -0.25) is 4.79 Å². The van der Waals surface area contributed by atoms with Crippen molar-refractivity contribution in [2.24, 2.45) is 0 Å². The first kappa shape index (κ1) is 9.84. The Bertz CT molecular complexity index is 369. The summed E-state index contributed by atoms with van der Waals surface area (Å²) in [6.45, 7) is 3.99. The average molecular weight is 221 g/mol. The van der Waals surface area contributed by atoms with Crippen molar-refractivity contribution < 1.29 is 9.21 Å². The van der Waals surface area contributed by atoms with Crippen LogP contribution in [0, 0.1) is 0 Å². The van der Waals surface area contributed by atoms with Gasteiger partial charge in [0, 0.05) is 32.2 Å². The Kier molecular flexibility index (Phi) is 2.40. The number of amides is 1. The van der Waals surface area contributed by atoms with Crippen molar-refractivity contribution in [3.05, 3.63) is 18.4 Å². The van der Waals surface area contributed by atoms with E-state index in [1.54, 1.807) is 0 Å². The number of carbonyl (C=O) groups excluding carboxylic acids is 1. The second-order valence-corrected chi connectivity index (χ2v) is 4.41. The number of rotatable bonds is 1. The number of fused-ring (bicyclic) bond motifs is 4. The SMILES string of the molecule is O=C(c1ncco1)N1CCN2CCC1CC2. The molecule has 3 saturated heterocycles. The first-order valence-corrected chi connectivity index (χ1v) is 5.77. The molecule has 0 unspecified atom stereocenters. The summed E-state index contributed by atoms with van der Waals surface area (Å²) in [6.07, 6.45) is 5.12. The molecule has 3 aliphatic rings. The Hall–Kier alpha value is -1.36. The number of carbonyl (C=O) groups is 1. The van der Waals surface area contributed by atoms with Gasteiger partial charge in [-0.05, 0) is 12.8 Å². The van der Waals surface area contributed by atoms with E-state index < -0.39 is 0 Å². The predicted octanol–water partition coefficient (Wildman–Crippen LogP) is 0.595. The zero-order valence-corrected chi connectivity index (χ0v) is 9.13. The first-order chi connectivity index (χ1) is 7.84. The summed E-state index contributed by atoms with van der Waals surface area (Å²) in [5.41, 5.74) is 0. The summed E-state index contributed by atoms with van der Waals surface area (Å²) in [5, 5.41) is 0. The minimum absolute atomic E-state index is 0.0567. The molecule has 16 heavy (non-hydrogen) atoms. The molecule has 0 aromatic carbocycles. The number of oxazole rings is 1. The van der Waals surface area contributed by atoms with Gasteiger partial charge in [0.15, 0.2) is 0 Å². The van der Waals surface area contributed by atoms with Crippen LogP contribution >= 0.6 is 0 Å². The Morgan fingerprint density at radius 1 is 1.31 bits per heavy atom. The van der Waals surface area contributed by atoms with Crippen molar-refractivity contribution in [3.63, 3.8) is 0 Å². The molecule has 4 rings (SSSR count). The zero-order chi connectivity index (χ0) is 11.0. The molecule has 4 heterocycles. The number of piperidine rings is 1. The van der Waals surface area contributed by atoms with Crippen molar-refractivity contribution in [3.8, 4) is 0 Å². The lowest BCUT2D eigenvalue weighted by atomic mass is 10.1. The number of hydrogen-bond donors (Lipinski definition) is 0. The van der Waals surface area contributed by atoms with Gasteiger partial charge in [0.25, 0.3) is 5.89 Å². The largest absolute Gasteiger partial charge is 0.441 e. The molecule has 0 N–H and O–H groups in total. The highest BCUT2D eigenvalue weighted by Gasteiger charge is 2.33. The van der Waals surface area contributed by atoms with Gasteiger partial charge in [-0.15, -0.1) is 0 Å². The molecule has 1 aromatic heterocycles. The van der Waals surface area contributed by atoms with Gasteiger partial charge >= 0.3 is 5.91 Å². The third-order valence-corrected chi connectivity index (χ3v) is 3.53. The molecule has 0 aliphatic carbocycles. The minimum Gasteiger partial charge on any atom is -0.441 e. The molecule has 0 atom stereocenters. The van der Waals surface area contributed by atoms with Gasteiger partial charge in [0.2, 0.25) is 0 Å².